The monoisotopic (exact) mass is 283 g/mol. The number of nitrogens with zero attached hydrogens (tertiary/aromatic N) is 3. The van der Waals surface area contributed by atoms with Gasteiger partial charge >= 0.3 is 0 Å². The molecule has 0 aliphatic heterocycles. The van der Waals surface area contributed by atoms with E-state index < -0.39 is 0 Å². The molecule has 108 valence electrons. The number of carbonyl (C=O) groups excluding carboxylic acids is 1. The average Bonchev–Trinajstić information content (AvgIpc) is 3.17. The molecule has 3 aromatic rings. The first-order valence-corrected chi connectivity index (χ1v) is 7.00. The quantitative estimate of drug-likeness (QED) is 0.772. The van der Waals surface area contributed by atoms with Crippen LogP contribution in [0.4, 0.5) is 0 Å². The van der Waals surface area contributed by atoms with Crippen molar-refractivity contribution in [2.75, 3.05) is 13.1 Å². The fourth-order valence-corrected chi connectivity index (χ4v) is 2.44. The van der Waals surface area contributed by atoms with Gasteiger partial charge in [0.25, 0.3) is 5.91 Å². The maximum atomic E-state index is 12.3. The van der Waals surface area contributed by atoms with Crippen molar-refractivity contribution in [3.05, 3.63) is 36.5 Å². The summed E-state index contributed by atoms with van der Waals surface area (Å²) in [6.45, 7) is 5.33. The van der Waals surface area contributed by atoms with Gasteiger partial charge in [0.1, 0.15) is 17.7 Å². The van der Waals surface area contributed by atoms with Crippen LogP contribution < -0.4 is 0 Å². The summed E-state index contributed by atoms with van der Waals surface area (Å²) >= 11 is 0. The number of nitrogens with one attached hydrogen (secondary N) is 2. The van der Waals surface area contributed by atoms with Crippen molar-refractivity contribution in [3.63, 3.8) is 0 Å². The van der Waals surface area contributed by atoms with E-state index in [2.05, 4.69) is 19.9 Å². The Morgan fingerprint density at radius 2 is 2.05 bits per heavy atom. The predicted molar refractivity (Wildman–Crippen MR) is 80.9 cm³/mol. The lowest BCUT2D eigenvalue weighted by Crippen LogP contribution is -2.30. The molecular weight excluding hydrogens is 266 g/mol. The predicted octanol–water partition coefficient (Wildman–Crippen LogP) is 2.43. The minimum absolute atomic E-state index is 0.00520. The molecule has 2 N–H and O–H groups in total. The Morgan fingerprint density at radius 1 is 1.24 bits per heavy atom. The minimum atomic E-state index is 0.00520. The summed E-state index contributed by atoms with van der Waals surface area (Å²) in [5.41, 5.74) is 3.07. The van der Waals surface area contributed by atoms with Gasteiger partial charge in [-0.05, 0) is 26.0 Å². The van der Waals surface area contributed by atoms with Crippen LogP contribution in [0.1, 0.15) is 24.3 Å². The lowest BCUT2D eigenvalue weighted by molar-refractivity contribution is 0.0768. The second-order valence-corrected chi connectivity index (χ2v) is 4.74. The highest BCUT2D eigenvalue weighted by molar-refractivity contribution is 5.96. The number of aromatic amines is 2. The Balaban J connectivity index is 1.99. The topological polar surface area (TPSA) is 77.7 Å². The van der Waals surface area contributed by atoms with E-state index in [1.807, 2.05) is 38.4 Å². The maximum absolute atomic E-state index is 12.3. The Kier molecular flexibility index (Phi) is 3.43. The van der Waals surface area contributed by atoms with Crippen molar-refractivity contribution in [2.45, 2.75) is 13.8 Å². The zero-order valence-corrected chi connectivity index (χ0v) is 12.1. The molecule has 0 bridgehead atoms. The zero-order valence-electron chi connectivity index (χ0n) is 12.1. The van der Waals surface area contributed by atoms with E-state index in [9.17, 15) is 4.79 Å². The highest BCUT2D eigenvalue weighted by Crippen LogP contribution is 2.25. The lowest BCUT2D eigenvalue weighted by atomic mass is 10.1. The molecule has 0 radical (unpaired) electrons. The highest BCUT2D eigenvalue weighted by atomic mass is 16.2. The van der Waals surface area contributed by atoms with Gasteiger partial charge in [0.15, 0.2) is 0 Å². The third-order valence-electron chi connectivity index (χ3n) is 3.59. The molecule has 0 fully saturated rings. The Morgan fingerprint density at radius 3 is 2.81 bits per heavy atom. The van der Waals surface area contributed by atoms with E-state index in [1.54, 1.807) is 4.90 Å². The van der Waals surface area contributed by atoms with Gasteiger partial charge in [0.05, 0.1) is 5.69 Å². The van der Waals surface area contributed by atoms with Crippen molar-refractivity contribution in [1.29, 1.82) is 0 Å². The molecule has 1 amide bonds. The second kappa shape index (κ2) is 5.40. The van der Waals surface area contributed by atoms with Crippen LogP contribution in [0.2, 0.25) is 0 Å². The van der Waals surface area contributed by atoms with Gasteiger partial charge in [-0.3, -0.25) is 4.79 Å². The van der Waals surface area contributed by atoms with Gasteiger partial charge in [-0.1, -0.05) is 0 Å². The van der Waals surface area contributed by atoms with E-state index in [-0.39, 0.29) is 5.91 Å². The molecule has 0 aliphatic rings. The number of amides is 1. The molecule has 0 aromatic carbocycles. The molecule has 0 saturated carbocycles. The molecule has 6 nitrogen and oxygen atoms in total. The van der Waals surface area contributed by atoms with Crippen LogP contribution in [0.5, 0.6) is 0 Å². The van der Waals surface area contributed by atoms with Crippen LogP contribution >= 0.6 is 0 Å². The van der Waals surface area contributed by atoms with Crippen molar-refractivity contribution in [2.24, 2.45) is 0 Å². The summed E-state index contributed by atoms with van der Waals surface area (Å²) in [4.78, 5) is 28.7. The number of hydrogen-bond acceptors (Lipinski definition) is 3. The minimum Gasteiger partial charge on any atom is -0.357 e. The first-order chi connectivity index (χ1) is 10.2. The van der Waals surface area contributed by atoms with Crippen molar-refractivity contribution in [1.82, 2.24) is 24.8 Å². The van der Waals surface area contributed by atoms with Gasteiger partial charge in [0.2, 0.25) is 0 Å². The number of hydrogen-bond donors (Lipinski definition) is 2. The molecule has 3 aromatic heterocycles. The molecule has 0 atom stereocenters. The fourth-order valence-electron chi connectivity index (χ4n) is 2.44. The third kappa shape index (κ3) is 2.29. The fraction of sp³-hybridized carbons (Fsp3) is 0.267. The largest absolute Gasteiger partial charge is 0.357 e. The average molecular weight is 283 g/mol. The molecule has 3 heterocycles. The first-order valence-electron chi connectivity index (χ1n) is 7.00. The third-order valence-corrected chi connectivity index (χ3v) is 3.59. The summed E-state index contributed by atoms with van der Waals surface area (Å²) < 4.78 is 0. The van der Waals surface area contributed by atoms with Crippen LogP contribution in [0.15, 0.2) is 30.9 Å². The maximum Gasteiger partial charge on any atom is 0.270 e. The molecule has 21 heavy (non-hydrogen) atoms. The van der Waals surface area contributed by atoms with E-state index in [0.717, 1.165) is 22.3 Å². The molecule has 0 spiro atoms. The molecule has 6 heteroatoms. The second-order valence-electron chi connectivity index (χ2n) is 4.74. The van der Waals surface area contributed by atoms with Crippen LogP contribution in [0, 0.1) is 0 Å². The SMILES string of the molecule is CCN(CC)C(=O)c1cc(-c2ncnc3[nH]ccc23)c[nH]1. The summed E-state index contributed by atoms with van der Waals surface area (Å²) in [6, 6.07) is 3.78. The number of carbonyl (C=O) groups is 1. The first kappa shape index (κ1) is 13.4. The number of rotatable bonds is 4. The highest BCUT2D eigenvalue weighted by Gasteiger charge is 2.16. The van der Waals surface area contributed by atoms with Gasteiger partial charge < -0.3 is 14.9 Å². The Bertz CT molecular complexity index is 769. The Labute approximate surface area is 122 Å². The van der Waals surface area contributed by atoms with Crippen molar-refractivity contribution < 1.29 is 4.79 Å². The van der Waals surface area contributed by atoms with Gasteiger partial charge in [-0.25, -0.2) is 9.97 Å². The summed E-state index contributed by atoms with van der Waals surface area (Å²) in [5.74, 6) is 0.00520. The van der Waals surface area contributed by atoms with Gasteiger partial charge in [0, 0.05) is 36.4 Å². The lowest BCUT2D eigenvalue weighted by Gasteiger charge is -2.17. The normalized spacial score (nSPS) is 11.0. The van der Waals surface area contributed by atoms with Crippen molar-refractivity contribution in [3.8, 4) is 11.3 Å². The molecule has 0 aliphatic carbocycles. The standard InChI is InChI=1S/C15H17N5O/c1-3-20(4-2)15(21)12-7-10(8-17-12)13-11-5-6-16-14(11)19-9-18-13/h5-9,17H,3-4H2,1-2H3,(H,16,18,19). The van der Waals surface area contributed by atoms with Crippen molar-refractivity contribution >= 4 is 16.9 Å². The number of H-pyrrole nitrogens is 2. The molecule has 0 saturated heterocycles. The van der Waals surface area contributed by atoms with Crippen LogP contribution in [0.25, 0.3) is 22.3 Å². The van der Waals surface area contributed by atoms with Gasteiger partial charge in [-0.2, -0.15) is 0 Å². The Hall–Kier alpha value is -2.63. The summed E-state index contributed by atoms with van der Waals surface area (Å²) in [6.07, 6.45) is 5.16. The van der Waals surface area contributed by atoms with Crippen LogP contribution in [-0.4, -0.2) is 43.8 Å². The number of aromatic nitrogens is 4. The van der Waals surface area contributed by atoms with Crippen LogP contribution in [-0.2, 0) is 0 Å². The smallest absolute Gasteiger partial charge is 0.270 e. The summed E-state index contributed by atoms with van der Waals surface area (Å²) in [5, 5.41) is 0.943. The number of fused-ring (bicyclic) bond motifs is 1. The van der Waals surface area contributed by atoms with E-state index in [0.29, 0.717) is 18.8 Å². The zero-order chi connectivity index (χ0) is 14.8. The summed E-state index contributed by atoms with van der Waals surface area (Å²) in [7, 11) is 0. The molecule has 0 unspecified atom stereocenters. The van der Waals surface area contributed by atoms with E-state index in [4.69, 9.17) is 0 Å². The molecular formula is C15H17N5O. The van der Waals surface area contributed by atoms with E-state index >= 15 is 0 Å². The molecule has 3 rings (SSSR count). The van der Waals surface area contributed by atoms with E-state index in [1.165, 1.54) is 6.33 Å². The van der Waals surface area contributed by atoms with Crippen LogP contribution in [0.3, 0.4) is 0 Å². The van der Waals surface area contributed by atoms with Gasteiger partial charge in [-0.15, -0.1) is 0 Å².